The maximum absolute atomic E-state index is 5.40. The number of nitrogen functional groups attached to an aromatic ring is 1. The van der Waals surface area contributed by atoms with Gasteiger partial charge in [0.15, 0.2) is 0 Å². The summed E-state index contributed by atoms with van der Waals surface area (Å²) in [5.74, 6) is 1.23. The Morgan fingerprint density at radius 1 is 1.64 bits per heavy atom. The highest BCUT2D eigenvalue weighted by Gasteiger charge is 2.03. The van der Waals surface area contributed by atoms with E-state index in [4.69, 9.17) is 5.73 Å². The fourth-order valence-electron chi connectivity index (χ4n) is 0.888. The predicted octanol–water partition coefficient (Wildman–Crippen LogP) is 2.50. The van der Waals surface area contributed by atoms with E-state index in [1.807, 2.05) is 0 Å². The van der Waals surface area contributed by atoms with Crippen LogP contribution in [0.5, 0.6) is 0 Å². The summed E-state index contributed by atoms with van der Waals surface area (Å²) in [6.07, 6.45) is 0. The third-order valence-electron chi connectivity index (χ3n) is 1.45. The van der Waals surface area contributed by atoms with Crippen LogP contribution in [0.4, 0.5) is 5.95 Å². The van der Waals surface area contributed by atoms with Crippen LogP contribution in [0, 0.1) is 0 Å². The van der Waals surface area contributed by atoms with Gasteiger partial charge in [-0.15, -0.1) is 16.4 Å². The Morgan fingerprint density at radius 3 is 3.07 bits per heavy atom. The van der Waals surface area contributed by atoms with E-state index in [-0.39, 0.29) is 0 Å². The average molecular weight is 291 g/mol. The van der Waals surface area contributed by atoms with Crippen LogP contribution in [0.3, 0.4) is 0 Å². The topological polar surface area (TPSA) is 67.6 Å². The molecule has 0 bridgehead atoms. The zero-order valence-electron chi connectivity index (χ0n) is 7.03. The molecule has 0 amide bonds. The summed E-state index contributed by atoms with van der Waals surface area (Å²) in [5, 5.41) is 9.28. The highest BCUT2D eigenvalue weighted by Crippen LogP contribution is 2.26. The lowest BCUT2D eigenvalue weighted by Gasteiger charge is -1.91. The fraction of sp³-hybridized carbons (Fsp3) is 0.143. The number of rotatable bonds is 3. The lowest BCUT2D eigenvalue weighted by atomic mass is 10.5. The second kappa shape index (κ2) is 4.33. The molecule has 74 valence electrons. The van der Waals surface area contributed by atoms with Gasteiger partial charge in [-0.25, -0.2) is 5.10 Å². The number of hydrogen-bond acceptors (Lipinski definition) is 5. The van der Waals surface area contributed by atoms with Crippen LogP contribution in [0.2, 0.25) is 0 Å². The van der Waals surface area contributed by atoms with Crippen LogP contribution in [0.1, 0.15) is 4.88 Å². The molecule has 0 spiro atoms. The van der Waals surface area contributed by atoms with Crippen LogP contribution in [0.15, 0.2) is 21.1 Å². The van der Waals surface area contributed by atoms with Crippen molar-refractivity contribution in [2.45, 2.75) is 10.9 Å². The van der Waals surface area contributed by atoms with Gasteiger partial charge in [0.1, 0.15) is 0 Å². The molecular formula is C7H7BrN4S2. The number of thiophene rings is 1. The molecule has 2 aromatic heterocycles. The fourth-order valence-corrected chi connectivity index (χ4v) is 3.20. The quantitative estimate of drug-likeness (QED) is 0.853. The summed E-state index contributed by atoms with van der Waals surface area (Å²) in [6.45, 7) is 0. The molecule has 3 N–H and O–H groups in total. The molecule has 4 nitrogen and oxygen atoms in total. The van der Waals surface area contributed by atoms with Crippen molar-refractivity contribution in [3.63, 3.8) is 0 Å². The van der Waals surface area contributed by atoms with Crippen LogP contribution < -0.4 is 5.73 Å². The van der Waals surface area contributed by atoms with Gasteiger partial charge in [0, 0.05) is 20.5 Å². The smallest absolute Gasteiger partial charge is 0.216 e. The summed E-state index contributed by atoms with van der Waals surface area (Å²) in [5.41, 5.74) is 5.40. The van der Waals surface area contributed by atoms with Crippen LogP contribution in [-0.4, -0.2) is 15.2 Å². The van der Waals surface area contributed by atoms with E-state index in [1.54, 1.807) is 23.1 Å². The monoisotopic (exact) mass is 290 g/mol. The molecule has 2 aromatic rings. The van der Waals surface area contributed by atoms with Gasteiger partial charge in [-0.2, -0.15) is 4.98 Å². The molecule has 0 aromatic carbocycles. The van der Waals surface area contributed by atoms with E-state index < -0.39 is 0 Å². The van der Waals surface area contributed by atoms with E-state index >= 15 is 0 Å². The Kier molecular flexibility index (Phi) is 3.09. The minimum Gasteiger partial charge on any atom is -0.368 e. The zero-order chi connectivity index (χ0) is 9.97. The predicted molar refractivity (Wildman–Crippen MR) is 62.4 cm³/mol. The van der Waals surface area contributed by atoms with E-state index in [2.05, 4.69) is 42.6 Å². The molecule has 14 heavy (non-hydrogen) atoms. The minimum atomic E-state index is 0.361. The van der Waals surface area contributed by atoms with Crippen molar-refractivity contribution in [3.05, 3.63) is 20.8 Å². The maximum Gasteiger partial charge on any atom is 0.216 e. The van der Waals surface area contributed by atoms with Gasteiger partial charge in [0.05, 0.1) is 0 Å². The van der Waals surface area contributed by atoms with E-state index in [9.17, 15) is 0 Å². The molecule has 2 heterocycles. The molecule has 0 aliphatic carbocycles. The Hall–Kier alpha value is -0.530. The number of halogens is 1. The van der Waals surface area contributed by atoms with Gasteiger partial charge < -0.3 is 5.73 Å². The minimum absolute atomic E-state index is 0.361. The molecule has 0 atom stereocenters. The summed E-state index contributed by atoms with van der Waals surface area (Å²) in [4.78, 5) is 5.28. The largest absolute Gasteiger partial charge is 0.368 e. The Bertz CT molecular complexity index is 385. The molecule has 0 aliphatic rings. The van der Waals surface area contributed by atoms with Crippen molar-refractivity contribution in [1.29, 1.82) is 0 Å². The molecule has 7 heteroatoms. The van der Waals surface area contributed by atoms with Crippen LogP contribution >= 0.6 is 39.0 Å². The van der Waals surface area contributed by atoms with Gasteiger partial charge in [-0.1, -0.05) is 11.8 Å². The number of nitrogens with two attached hydrogens (primary N) is 1. The standard InChI is InChI=1S/C7H7BrN4S2/c8-4-1-5(13-2-4)3-14-7-10-6(9)11-12-7/h1-2H,3H2,(H3,9,10,11,12). The number of thioether (sulfide) groups is 1. The van der Waals surface area contributed by atoms with Crippen LogP contribution in [0.25, 0.3) is 0 Å². The Morgan fingerprint density at radius 2 is 2.50 bits per heavy atom. The zero-order valence-corrected chi connectivity index (χ0v) is 10.2. The third kappa shape index (κ3) is 2.49. The molecular weight excluding hydrogens is 284 g/mol. The van der Waals surface area contributed by atoms with Crippen molar-refractivity contribution in [3.8, 4) is 0 Å². The van der Waals surface area contributed by atoms with Gasteiger partial charge in [-0.05, 0) is 22.0 Å². The Balaban J connectivity index is 1.94. The van der Waals surface area contributed by atoms with Gasteiger partial charge >= 0.3 is 0 Å². The van der Waals surface area contributed by atoms with Crippen molar-refractivity contribution in [2.75, 3.05) is 5.73 Å². The number of H-pyrrole nitrogens is 1. The third-order valence-corrected chi connectivity index (χ3v) is 4.22. The van der Waals surface area contributed by atoms with Crippen molar-refractivity contribution in [1.82, 2.24) is 15.2 Å². The lowest BCUT2D eigenvalue weighted by molar-refractivity contribution is 0.974. The van der Waals surface area contributed by atoms with Crippen molar-refractivity contribution >= 4 is 45.0 Å². The second-order valence-corrected chi connectivity index (χ2v) is 5.38. The molecule has 0 radical (unpaired) electrons. The van der Waals surface area contributed by atoms with Crippen molar-refractivity contribution in [2.24, 2.45) is 0 Å². The number of aromatic amines is 1. The SMILES string of the molecule is Nc1nc(SCc2cc(Br)cs2)n[nH]1. The number of hydrogen-bond donors (Lipinski definition) is 2. The highest BCUT2D eigenvalue weighted by molar-refractivity contribution is 9.10. The van der Waals surface area contributed by atoms with Crippen LogP contribution in [-0.2, 0) is 5.75 Å². The first-order valence-corrected chi connectivity index (χ1v) is 6.43. The van der Waals surface area contributed by atoms with Gasteiger partial charge in [0.2, 0.25) is 11.1 Å². The van der Waals surface area contributed by atoms with E-state index in [1.165, 1.54) is 4.88 Å². The molecule has 0 saturated carbocycles. The normalized spacial score (nSPS) is 10.6. The number of nitrogens with one attached hydrogen (secondary N) is 1. The summed E-state index contributed by atoms with van der Waals surface area (Å²) >= 11 is 6.68. The van der Waals surface area contributed by atoms with Gasteiger partial charge in [-0.3, -0.25) is 0 Å². The first kappa shape index (κ1) is 10.0. The highest BCUT2D eigenvalue weighted by atomic mass is 79.9. The number of anilines is 1. The van der Waals surface area contributed by atoms with E-state index in [0.29, 0.717) is 11.1 Å². The van der Waals surface area contributed by atoms with Crippen molar-refractivity contribution < 1.29 is 0 Å². The lowest BCUT2D eigenvalue weighted by Crippen LogP contribution is -1.85. The number of nitrogens with zero attached hydrogens (tertiary/aromatic N) is 2. The molecule has 0 unspecified atom stereocenters. The summed E-state index contributed by atoms with van der Waals surface area (Å²) in [7, 11) is 0. The first-order chi connectivity index (χ1) is 6.74. The maximum atomic E-state index is 5.40. The van der Waals surface area contributed by atoms with Gasteiger partial charge in [0.25, 0.3) is 0 Å². The molecule has 0 fully saturated rings. The molecule has 2 rings (SSSR count). The molecule has 0 aliphatic heterocycles. The summed E-state index contributed by atoms with van der Waals surface area (Å²) in [6, 6.07) is 2.09. The first-order valence-electron chi connectivity index (χ1n) is 3.77. The molecule has 0 saturated heterocycles. The Labute approximate surface area is 97.4 Å². The second-order valence-electron chi connectivity index (χ2n) is 2.52. The average Bonchev–Trinajstić information content (AvgIpc) is 2.72. The number of aromatic nitrogens is 3. The summed E-state index contributed by atoms with van der Waals surface area (Å²) < 4.78 is 1.12. The van der Waals surface area contributed by atoms with E-state index in [0.717, 1.165) is 10.2 Å².